The number of carbonyl (C=O) groups excluding carboxylic acids is 2. The Morgan fingerprint density at radius 1 is 1.20 bits per heavy atom. The number of nitrogens with zero attached hydrogens (tertiary/aromatic N) is 1. The molecule has 160 valence electrons. The number of anilines is 2. The van der Waals surface area contributed by atoms with Gasteiger partial charge in [-0.25, -0.2) is 4.39 Å². The summed E-state index contributed by atoms with van der Waals surface area (Å²) >= 11 is 0. The summed E-state index contributed by atoms with van der Waals surface area (Å²) < 4.78 is 57.5. The minimum absolute atomic E-state index is 0.0167. The zero-order valence-corrected chi connectivity index (χ0v) is 16.0. The molecule has 0 unspecified atom stereocenters. The lowest BCUT2D eigenvalue weighted by molar-refractivity contribution is -0.140. The summed E-state index contributed by atoms with van der Waals surface area (Å²) in [5, 5.41) is 5.58. The molecule has 0 fully saturated rings. The number of fused-ring (bicyclic) bond motifs is 1. The van der Waals surface area contributed by atoms with Crippen LogP contribution in [0, 0.1) is 5.82 Å². The second kappa shape index (κ2) is 8.60. The third kappa shape index (κ3) is 5.00. The lowest BCUT2D eigenvalue weighted by atomic mass is 10.1. The molecule has 0 saturated heterocycles. The van der Waals surface area contributed by atoms with Crippen LogP contribution in [0.1, 0.15) is 18.1 Å². The molecule has 0 atom stereocenters. The van der Waals surface area contributed by atoms with Crippen LogP contribution in [-0.2, 0) is 22.3 Å². The molecule has 2 aromatic carbocycles. The number of ether oxygens (including phenoxy) is 1. The van der Waals surface area contributed by atoms with Gasteiger partial charge in [-0.2, -0.15) is 13.2 Å². The Balaban J connectivity index is 1.75. The van der Waals surface area contributed by atoms with E-state index < -0.39 is 17.6 Å². The van der Waals surface area contributed by atoms with Crippen LogP contribution in [0.25, 0.3) is 0 Å². The summed E-state index contributed by atoms with van der Waals surface area (Å²) in [5.41, 5.74) is -0.0576. The standard InChI is InChI=1S/C20H19F4N3O3/c1-12(28)25-6-7-27-17-9-14(3-5-18(17)30-11-19(27)29)26-10-13-2-4-16(21)15(8-13)20(22,23)24/h2-5,8-9,26H,6-7,10-11H2,1H3,(H,25,28). The first kappa shape index (κ1) is 21.4. The largest absolute Gasteiger partial charge is 0.482 e. The Morgan fingerprint density at radius 3 is 2.67 bits per heavy atom. The van der Waals surface area contributed by atoms with Gasteiger partial charge in [-0.05, 0) is 35.9 Å². The topological polar surface area (TPSA) is 70.7 Å². The van der Waals surface area contributed by atoms with Crippen molar-refractivity contribution in [3.63, 3.8) is 0 Å². The fourth-order valence-corrected chi connectivity index (χ4v) is 3.00. The van der Waals surface area contributed by atoms with E-state index in [2.05, 4.69) is 10.6 Å². The highest BCUT2D eigenvalue weighted by atomic mass is 19.4. The maximum atomic E-state index is 13.4. The molecule has 1 aliphatic rings. The number of rotatable bonds is 6. The van der Waals surface area contributed by atoms with Gasteiger partial charge in [0.2, 0.25) is 5.91 Å². The maximum absolute atomic E-state index is 13.4. The van der Waals surface area contributed by atoms with Gasteiger partial charge in [0, 0.05) is 32.2 Å². The monoisotopic (exact) mass is 425 g/mol. The van der Waals surface area contributed by atoms with Crippen molar-refractivity contribution in [2.45, 2.75) is 19.6 Å². The molecule has 0 aromatic heterocycles. The Labute approximate surface area is 169 Å². The van der Waals surface area contributed by atoms with E-state index in [1.165, 1.54) is 17.9 Å². The maximum Gasteiger partial charge on any atom is 0.419 e. The minimum atomic E-state index is -4.78. The molecule has 0 bridgehead atoms. The summed E-state index contributed by atoms with van der Waals surface area (Å²) in [7, 11) is 0. The van der Waals surface area contributed by atoms with Gasteiger partial charge >= 0.3 is 6.18 Å². The number of halogens is 4. The molecule has 1 heterocycles. The van der Waals surface area contributed by atoms with Gasteiger partial charge in [0.25, 0.3) is 5.91 Å². The number of alkyl halides is 3. The van der Waals surface area contributed by atoms with Crippen LogP contribution in [-0.4, -0.2) is 31.5 Å². The second-order valence-corrected chi connectivity index (χ2v) is 6.67. The zero-order valence-electron chi connectivity index (χ0n) is 16.0. The number of nitrogens with one attached hydrogen (secondary N) is 2. The molecule has 10 heteroatoms. The molecule has 0 aliphatic carbocycles. The molecular formula is C20H19F4N3O3. The van der Waals surface area contributed by atoms with Gasteiger partial charge in [0.1, 0.15) is 11.6 Å². The predicted octanol–water partition coefficient (Wildman–Crippen LogP) is 3.32. The smallest absolute Gasteiger partial charge is 0.419 e. The molecule has 1 aliphatic heterocycles. The Hall–Kier alpha value is -3.30. The van der Waals surface area contributed by atoms with Crippen molar-refractivity contribution < 1.29 is 31.9 Å². The zero-order chi connectivity index (χ0) is 21.9. The normalized spacial score (nSPS) is 13.5. The SMILES string of the molecule is CC(=O)NCCN1C(=O)COc2ccc(NCc3ccc(F)c(C(F)(F)F)c3)cc21. The van der Waals surface area contributed by atoms with Crippen LogP contribution in [0.5, 0.6) is 5.75 Å². The fraction of sp³-hybridized carbons (Fsp3) is 0.300. The van der Waals surface area contributed by atoms with Crippen LogP contribution in [0.2, 0.25) is 0 Å². The average Bonchev–Trinajstić information content (AvgIpc) is 2.68. The number of benzene rings is 2. The first-order valence-electron chi connectivity index (χ1n) is 9.06. The van der Waals surface area contributed by atoms with E-state index in [1.807, 2.05) is 0 Å². The van der Waals surface area contributed by atoms with E-state index in [-0.39, 0.29) is 43.6 Å². The van der Waals surface area contributed by atoms with E-state index in [9.17, 15) is 27.2 Å². The summed E-state index contributed by atoms with van der Waals surface area (Å²) in [6, 6.07) is 7.74. The van der Waals surface area contributed by atoms with Crippen molar-refractivity contribution in [3.05, 3.63) is 53.3 Å². The molecule has 30 heavy (non-hydrogen) atoms. The van der Waals surface area contributed by atoms with E-state index in [1.54, 1.807) is 18.2 Å². The Bertz CT molecular complexity index is 963. The highest BCUT2D eigenvalue weighted by Gasteiger charge is 2.34. The van der Waals surface area contributed by atoms with Gasteiger partial charge in [0.05, 0.1) is 11.3 Å². The summed E-state index contributed by atoms with van der Waals surface area (Å²) in [5.74, 6) is -1.35. The van der Waals surface area contributed by atoms with Gasteiger partial charge in [-0.15, -0.1) is 0 Å². The van der Waals surface area contributed by atoms with Gasteiger partial charge in [-0.1, -0.05) is 6.07 Å². The quantitative estimate of drug-likeness (QED) is 0.697. The summed E-state index contributed by atoms with van der Waals surface area (Å²) in [4.78, 5) is 24.7. The van der Waals surface area contributed by atoms with E-state index in [4.69, 9.17) is 4.74 Å². The van der Waals surface area contributed by atoms with Crippen LogP contribution in [0.3, 0.4) is 0 Å². The number of amides is 2. The minimum Gasteiger partial charge on any atom is -0.482 e. The molecule has 3 rings (SSSR count). The first-order chi connectivity index (χ1) is 14.1. The highest BCUT2D eigenvalue weighted by Crippen LogP contribution is 2.35. The summed E-state index contributed by atoms with van der Waals surface area (Å²) in [6.07, 6.45) is -4.78. The van der Waals surface area contributed by atoms with Crippen molar-refractivity contribution in [3.8, 4) is 5.75 Å². The van der Waals surface area contributed by atoms with Crippen molar-refractivity contribution in [1.82, 2.24) is 5.32 Å². The Kier molecular flexibility index (Phi) is 6.14. The lowest BCUT2D eigenvalue weighted by Gasteiger charge is -2.30. The van der Waals surface area contributed by atoms with Crippen molar-refractivity contribution in [2.24, 2.45) is 0 Å². The van der Waals surface area contributed by atoms with Crippen LogP contribution < -0.4 is 20.3 Å². The molecule has 2 N–H and O–H groups in total. The average molecular weight is 425 g/mol. The molecule has 2 amide bonds. The third-order valence-corrected chi connectivity index (χ3v) is 4.44. The van der Waals surface area contributed by atoms with Crippen LogP contribution in [0.15, 0.2) is 36.4 Å². The fourth-order valence-electron chi connectivity index (χ4n) is 3.00. The number of hydrogen-bond donors (Lipinski definition) is 2. The summed E-state index contributed by atoms with van der Waals surface area (Å²) in [6.45, 7) is 1.76. The molecule has 6 nitrogen and oxygen atoms in total. The highest BCUT2D eigenvalue weighted by molar-refractivity contribution is 5.98. The molecule has 0 spiro atoms. The van der Waals surface area contributed by atoms with E-state index in [0.717, 1.165) is 12.1 Å². The van der Waals surface area contributed by atoms with Gasteiger partial charge < -0.3 is 20.3 Å². The second-order valence-electron chi connectivity index (χ2n) is 6.67. The van der Waals surface area contributed by atoms with E-state index >= 15 is 0 Å². The van der Waals surface area contributed by atoms with E-state index in [0.29, 0.717) is 17.1 Å². The van der Waals surface area contributed by atoms with Crippen molar-refractivity contribution in [1.29, 1.82) is 0 Å². The van der Waals surface area contributed by atoms with Crippen LogP contribution in [0.4, 0.5) is 28.9 Å². The molecule has 2 aromatic rings. The van der Waals surface area contributed by atoms with Gasteiger partial charge in [0.15, 0.2) is 6.61 Å². The van der Waals surface area contributed by atoms with Crippen LogP contribution >= 0.6 is 0 Å². The molecule has 0 radical (unpaired) electrons. The number of carbonyl (C=O) groups is 2. The number of hydrogen-bond acceptors (Lipinski definition) is 4. The third-order valence-electron chi connectivity index (χ3n) is 4.44. The lowest BCUT2D eigenvalue weighted by Crippen LogP contribution is -2.43. The van der Waals surface area contributed by atoms with Gasteiger partial charge in [-0.3, -0.25) is 9.59 Å². The first-order valence-corrected chi connectivity index (χ1v) is 9.06. The van der Waals surface area contributed by atoms with Crippen molar-refractivity contribution in [2.75, 3.05) is 29.9 Å². The van der Waals surface area contributed by atoms with Crippen molar-refractivity contribution >= 4 is 23.2 Å². The molecular weight excluding hydrogens is 406 g/mol. The molecule has 0 saturated carbocycles. The predicted molar refractivity (Wildman–Crippen MR) is 102 cm³/mol. The Morgan fingerprint density at radius 2 is 1.97 bits per heavy atom.